The Morgan fingerprint density at radius 2 is 2.31 bits per heavy atom. The van der Waals surface area contributed by atoms with Crippen LogP contribution >= 0.6 is 27.5 Å². The molecule has 2 rings (SSSR count). The van der Waals surface area contributed by atoms with Crippen LogP contribution < -0.4 is 5.32 Å². The molecule has 1 heterocycles. The number of hydrogen-bond donors (Lipinski definition) is 1. The van der Waals surface area contributed by atoms with Crippen molar-refractivity contribution in [2.75, 3.05) is 11.9 Å². The summed E-state index contributed by atoms with van der Waals surface area (Å²) in [6.07, 6.45) is 0.779. The Morgan fingerprint density at radius 3 is 3.06 bits per heavy atom. The summed E-state index contributed by atoms with van der Waals surface area (Å²) in [6.45, 7) is 2.93. The third-order valence-corrected chi connectivity index (χ3v) is 3.25. The summed E-state index contributed by atoms with van der Waals surface area (Å²) >= 11 is 4.87. The SMILES string of the molecule is CCNc1nc(Cc2cccc(Br)c2)ns1. The minimum absolute atomic E-state index is 0.779. The molecule has 1 aromatic heterocycles. The molecule has 0 spiro atoms. The van der Waals surface area contributed by atoms with Gasteiger partial charge in [-0.1, -0.05) is 28.1 Å². The van der Waals surface area contributed by atoms with E-state index in [1.54, 1.807) is 0 Å². The van der Waals surface area contributed by atoms with Gasteiger partial charge in [-0.2, -0.15) is 4.37 Å². The third kappa shape index (κ3) is 3.02. The molecule has 0 aliphatic rings. The van der Waals surface area contributed by atoms with Gasteiger partial charge in [0, 0.05) is 29.0 Å². The number of halogens is 1. The van der Waals surface area contributed by atoms with E-state index in [1.807, 2.05) is 12.1 Å². The van der Waals surface area contributed by atoms with Crippen LogP contribution in [-0.4, -0.2) is 15.9 Å². The molecule has 0 unspecified atom stereocenters. The van der Waals surface area contributed by atoms with Crippen LogP contribution in [-0.2, 0) is 6.42 Å². The maximum atomic E-state index is 4.41. The molecule has 3 nitrogen and oxygen atoms in total. The molecule has 0 aliphatic heterocycles. The lowest BCUT2D eigenvalue weighted by atomic mass is 10.1. The van der Waals surface area contributed by atoms with Crippen molar-refractivity contribution in [2.24, 2.45) is 0 Å². The van der Waals surface area contributed by atoms with E-state index in [9.17, 15) is 0 Å². The summed E-state index contributed by atoms with van der Waals surface area (Å²) in [6, 6.07) is 8.21. The van der Waals surface area contributed by atoms with E-state index in [0.29, 0.717) is 0 Å². The predicted octanol–water partition coefficient (Wildman–Crippen LogP) is 3.32. The van der Waals surface area contributed by atoms with Gasteiger partial charge in [-0.3, -0.25) is 0 Å². The van der Waals surface area contributed by atoms with E-state index in [2.05, 4.69) is 49.7 Å². The highest BCUT2D eigenvalue weighted by Gasteiger charge is 2.04. The molecular formula is C11H12BrN3S. The molecule has 5 heteroatoms. The van der Waals surface area contributed by atoms with Crippen LogP contribution in [0.25, 0.3) is 0 Å². The van der Waals surface area contributed by atoms with Crippen molar-refractivity contribution >= 4 is 32.6 Å². The van der Waals surface area contributed by atoms with Gasteiger partial charge in [0.25, 0.3) is 0 Å². The Morgan fingerprint density at radius 1 is 1.44 bits per heavy atom. The highest BCUT2D eigenvalue weighted by Crippen LogP contribution is 2.16. The smallest absolute Gasteiger partial charge is 0.202 e. The van der Waals surface area contributed by atoms with Gasteiger partial charge in [-0.05, 0) is 24.6 Å². The number of aromatic nitrogens is 2. The minimum Gasteiger partial charge on any atom is -0.361 e. The van der Waals surface area contributed by atoms with Crippen LogP contribution in [0.3, 0.4) is 0 Å². The Balaban J connectivity index is 2.08. The van der Waals surface area contributed by atoms with Gasteiger partial charge < -0.3 is 5.32 Å². The normalized spacial score (nSPS) is 10.4. The predicted molar refractivity (Wildman–Crippen MR) is 71.0 cm³/mol. The third-order valence-electron chi connectivity index (χ3n) is 2.05. The minimum atomic E-state index is 0.779. The van der Waals surface area contributed by atoms with Crippen molar-refractivity contribution in [3.8, 4) is 0 Å². The Hall–Kier alpha value is -0.940. The van der Waals surface area contributed by atoms with Gasteiger partial charge in [0.15, 0.2) is 0 Å². The maximum absolute atomic E-state index is 4.41. The average molecular weight is 298 g/mol. The van der Waals surface area contributed by atoms with Gasteiger partial charge in [-0.15, -0.1) is 0 Å². The molecular weight excluding hydrogens is 286 g/mol. The molecule has 0 saturated carbocycles. The number of nitrogens with zero attached hydrogens (tertiary/aromatic N) is 2. The molecule has 0 saturated heterocycles. The topological polar surface area (TPSA) is 37.8 Å². The second-order valence-corrected chi connectivity index (χ2v) is 5.02. The van der Waals surface area contributed by atoms with Crippen LogP contribution in [0.4, 0.5) is 5.13 Å². The summed E-state index contributed by atoms with van der Waals surface area (Å²) in [5.41, 5.74) is 1.22. The second-order valence-electron chi connectivity index (χ2n) is 3.35. The molecule has 1 aromatic carbocycles. The number of hydrogen-bond acceptors (Lipinski definition) is 4. The van der Waals surface area contributed by atoms with E-state index in [-0.39, 0.29) is 0 Å². The average Bonchev–Trinajstić information content (AvgIpc) is 2.66. The van der Waals surface area contributed by atoms with Crippen LogP contribution in [0.5, 0.6) is 0 Å². The Bertz CT molecular complexity index is 470. The molecule has 1 N–H and O–H groups in total. The molecule has 0 fully saturated rings. The molecule has 0 aliphatic carbocycles. The van der Waals surface area contributed by atoms with Gasteiger partial charge in [0.2, 0.25) is 5.13 Å². The summed E-state index contributed by atoms with van der Waals surface area (Å²) in [5.74, 6) is 0.874. The molecule has 2 aromatic rings. The first-order valence-corrected chi connectivity index (χ1v) is 6.65. The molecule has 16 heavy (non-hydrogen) atoms. The van der Waals surface area contributed by atoms with Crippen molar-refractivity contribution in [1.29, 1.82) is 0 Å². The molecule has 84 valence electrons. The first-order chi connectivity index (χ1) is 7.78. The Labute approximate surface area is 107 Å². The lowest BCUT2D eigenvalue weighted by molar-refractivity contribution is 1.03. The standard InChI is InChI=1S/C11H12BrN3S/c1-2-13-11-14-10(15-16-11)7-8-4-3-5-9(12)6-8/h3-6H,2,7H2,1H3,(H,13,14,15). The highest BCUT2D eigenvalue weighted by molar-refractivity contribution is 9.10. The van der Waals surface area contributed by atoms with Gasteiger partial charge >= 0.3 is 0 Å². The second kappa shape index (κ2) is 5.41. The fourth-order valence-corrected chi connectivity index (χ4v) is 2.48. The van der Waals surface area contributed by atoms with Crippen LogP contribution in [0.15, 0.2) is 28.7 Å². The molecule has 0 bridgehead atoms. The van der Waals surface area contributed by atoms with E-state index in [0.717, 1.165) is 28.4 Å². The first-order valence-electron chi connectivity index (χ1n) is 5.09. The largest absolute Gasteiger partial charge is 0.361 e. The zero-order valence-electron chi connectivity index (χ0n) is 8.90. The number of rotatable bonds is 4. The van der Waals surface area contributed by atoms with E-state index >= 15 is 0 Å². The maximum Gasteiger partial charge on any atom is 0.202 e. The summed E-state index contributed by atoms with van der Waals surface area (Å²) in [5, 5.41) is 4.06. The first kappa shape index (κ1) is 11.5. The van der Waals surface area contributed by atoms with Gasteiger partial charge in [0.05, 0.1) is 0 Å². The van der Waals surface area contributed by atoms with Crippen LogP contribution in [0.2, 0.25) is 0 Å². The van der Waals surface area contributed by atoms with Crippen molar-refractivity contribution in [3.05, 3.63) is 40.1 Å². The van der Waals surface area contributed by atoms with Gasteiger partial charge in [0.1, 0.15) is 5.82 Å². The van der Waals surface area contributed by atoms with E-state index in [1.165, 1.54) is 17.1 Å². The molecule has 0 radical (unpaired) electrons. The van der Waals surface area contributed by atoms with E-state index in [4.69, 9.17) is 0 Å². The van der Waals surface area contributed by atoms with Crippen molar-refractivity contribution in [3.63, 3.8) is 0 Å². The van der Waals surface area contributed by atoms with Crippen molar-refractivity contribution < 1.29 is 0 Å². The number of benzene rings is 1. The van der Waals surface area contributed by atoms with Gasteiger partial charge in [-0.25, -0.2) is 4.98 Å². The van der Waals surface area contributed by atoms with E-state index < -0.39 is 0 Å². The number of nitrogens with one attached hydrogen (secondary N) is 1. The quantitative estimate of drug-likeness (QED) is 0.941. The van der Waals surface area contributed by atoms with Crippen molar-refractivity contribution in [1.82, 2.24) is 9.36 Å². The summed E-state index contributed by atoms with van der Waals surface area (Å²) in [4.78, 5) is 4.41. The van der Waals surface area contributed by atoms with Crippen LogP contribution in [0, 0.1) is 0 Å². The fraction of sp³-hybridized carbons (Fsp3) is 0.273. The number of anilines is 1. The monoisotopic (exact) mass is 297 g/mol. The summed E-state index contributed by atoms with van der Waals surface area (Å²) in [7, 11) is 0. The lowest BCUT2D eigenvalue weighted by Crippen LogP contribution is -1.96. The zero-order chi connectivity index (χ0) is 11.4. The van der Waals surface area contributed by atoms with Crippen LogP contribution in [0.1, 0.15) is 18.3 Å². The Kier molecular flexibility index (Phi) is 3.90. The fourth-order valence-electron chi connectivity index (χ4n) is 1.38. The summed E-state index contributed by atoms with van der Waals surface area (Å²) < 4.78 is 5.40. The highest BCUT2D eigenvalue weighted by atomic mass is 79.9. The van der Waals surface area contributed by atoms with Crippen molar-refractivity contribution in [2.45, 2.75) is 13.3 Å². The lowest BCUT2D eigenvalue weighted by Gasteiger charge is -1.97. The molecule has 0 atom stereocenters. The molecule has 0 amide bonds. The zero-order valence-corrected chi connectivity index (χ0v) is 11.3.